The maximum atomic E-state index is 12.1. The highest BCUT2D eigenvalue weighted by Crippen LogP contribution is 2.42. The Labute approximate surface area is 265 Å². The molecule has 0 amide bonds. The molecule has 44 heavy (non-hydrogen) atoms. The minimum atomic E-state index is 0.0645. The first kappa shape index (κ1) is 28.5. The molecule has 0 fully saturated rings. The Kier molecular flexibility index (Phi) is 7.55. The van der Waals surface area contributed by atoms with E-state index in [4.69, 9.17) is 9.47 Å². The lowest BCUT2D eigenvalue weighted by Crippen LogP contribution is -2.14. The molecule has 0 unspecified atom stereocenters. The summed E-state index contributed by atoms with van der Waals surface area (Å²) in [6.07, 6.45) is 6.91. The number of hydrogen-bond donors (Lipinski definition) is 0. The number of halogens is 1. The number of fused-ring (bicyclic) bond motifs is 8. The zero-order valence-electron chi connectivity index (χ0n) is 24.3. The van der Waals surface area contributed by atoms with Crippen molar-refractivity contribution in [2.45, 2.75) is 51.7 Å². The summed E-state index contributed by atoms with van der Waals surface area (Å²) < 4.78 is 11.7. The van der Waals surface area contributed by atoms with Crippen LogP contribution in [0.4, 0.5) is 0 Å². The van der Waals surface area contributed by atoms with Crippen molar-refractivity contribution in [3.05, 3.63) is 112 Å². The molecule has 6 heteroatoms. The molecule has 0 spiro atoms. The van der Waals surface area contributed by atoms with Crippen molar-refractivity contribution in [1.82, 2.24) is 0 Å². The molecule has 0 bridgehead atoms. The van der Waals surface area contributed by atoms with E-state index in [1.54, 1.807) is 0 Å². The van der Waals surface area contributed by atoms with Crippen LogP contribution < -0.4 is 9.47 Å². The number of carbonyl (C=O) groups is 3. The zero-order valence-corrected chi connectivity index (χ0v) is 25.9. The van der Waals surface area contributed by atoms with Crippen LogP contribution in [0.5, 0.6) is 11.5 Å². The minimum absolute atomic E-state index is 0.0645. The maximum absolute atomic E-state index is 12.1. The summed E-state index contributed by atoms with van der Waals surface area (Å²) in [6, 6.07) is 20.2. The second-order valence-electron chi connectivity index (χ2n) is 11.7. The third-order valence-electron chi connectivity index (χ3n) is 8.97. The Hall–Kier alpha value is -4.29. The van der Waals surface area contributed by atoms with Gasteiger partial charge in [0.2, 0.25) is 0 Å². The molecule has 8 rings (SSSR count). The van der Waals surface area contributed by atoms with Crippen molar-refractivity contribution >= 4 is 39.4 Å². The van der Waals surface area contributed by atoms with Gasteiger partial charge in [-0.05, 0) is 101 Å². The number of hydrogen-bond acceptors (Lipinski definition) is 5. The molecule has 0 radical (unpaired) electrons. The predicted molar refractivity (Wildman–Crippen MR) is 175 cm³/mol. The number of rotatable bonds is 3. The van der Waals surface area contributed by atoms with E-state index in [-0.39, 0.29) is 17.3 Å². The number of aryl methyl sites for hydroxylation is 2. The summed E-state index contributed by atoms with van der Waals surface area (Å²) in [5, 5.41) is 0.318. The molecule has 0 saturated carbocycles. The molecule has 5 nitrogen and oxygen atoms in total. The second-order valence-corrected chi connectivity index (χ2v) is 12.3. The van der Waals surface area contributed by atoms with Crippen LogP contribution in [-0.4, -0.2) is 22.7 Å². The molecule has 2 heterocycles. The van der Waals surface area contributed by atoms with Gasteiger partial charge in [-0.15, -0.1) is 0 Å². The fourth-order valence-electron chi connectivity index (χ4n) is 6.65. The summed E-state index contributed by atoms with van der Waals surface area (Å²) in [4.78, 5) is 36.0. The number of alkyl halides is 1. The lowest BCUT2D eigenvalue weighted by molar-refractivity contribution is 0.0964. The van der Waals surface area contributed by atoms with Crippen LogP contribution in [-0.2, 0) is 26.1 Å². The van der Waals surface area contributed by atoms with E-state index < -0.39 is 0 Å². The molecular formula is C38H31BrO5. The Bertz CT molecular complexity index is 1890. The molecule has 0 aromatic heterocycles. The summed E-state index contributed by atoms with van der Waals surface area (Å²) in [7, 11) is 0. The molecule has 0 saturated heterocycles. The van der Waals surface area contributed by atoms with Crippen molar-refractivity contribution in [2.75, 3.05) is 5.33 Å². The van der Waals surface area contributed by atoms with Gasteiger partial charge in [0.15, 0.2) is 17.3 Å². The van der Waals surface area contributed by atoms with Gasteiger partial charge in [0.05, 0.1) is 5.33 Å². The van der Waals surface area contributed by atoms with E-state index in [2.05, 4.69) is 52.8 Å². The first-order chi connectivity index (χ1) is 21.4. The second kappa shape index (κ2) is 11.7. The smallest absolute Gasteiger partial charge is 0.173 e. The molecule has 0 atom stereocenters. The number of ketones is 3. The van der Waals surface area contributed by atoms with Crippen molar-refractivity contribution in [3.63, 3.8) is 0 Å². The summed E-state index contributed by atoms with van der Waals surface area (Å²) in [5.74, 6) is 2.13. The van der Waals surface area contributed by atoms with Gasteiger partial charge >= 0.3 is 0 Å². The molecule has 4 aliphatic rings. The topological polar surface area (TPSA) is 69.7 Å². The number of carbonyl (C=O) groups excluding carboxylic acids is 3. The lowest BCUT2D eigenvalue weighted by atomic mass is 9.86. The molecule has 220 valence electrons. The van der Waals surface area contributed by atoms with Crippen molar-refractivity contribution in [3.8, 4) is 33.8 Å². The van der Waals surface area contributed by atoms with Gasteiger partial charge in [-0.25, -0.2) is 0 Å². The van der Waals surface area contributed by atoms with Crippen LogP contribution in [0.15, 0.2) is 67.2 Å². The predicted octanol–water partition coefficient (Wildman–Crippen LogP) is 8.75. The van der Waals surface area contributed by atoms with E-state index in [1.807, 2.05) is 36.4 Å². The van der Waals surface area contributed by atoms with Crippen LogP contribution in [0.1, 0.15) is 84.6 Å². The Morgan fingerprint density at radius 2 is 1.20 bits per heavy atom. The van der Waals surface area contributed by atoms with E-state index in [1.165, 1.54) is 11.1 Å². The zero-order chi connectivity index (χ0) is 30.4. The van der Waals surface area contributed by atoms with E-state index in [0.717, 1.165) is 87.3 Å². The van der Waals surface area contributed by atoms with Gasteiger partial charge in [-0.1, -0.05) is 52.9 Å². The van der Waals surface area contributed by atoms with E-state index in [9.17, 15) is 14.4 Å². The van der Waals surface area contributed by atoms with Gasteiger partial charge in [0.1, 0.15) is 24.7 Å². The maximum Gasteiger partial charge on any atom is 0.173 e. The Morgan fingerprint density at radius 3 is 1.75 bits per heavy atom. The summed E-state index contributed by atoms with van der Waals surface area (Å²) in [5.41, 5.74) is 12.4. The van der Waals surface area contributed by atoms with Crippen LogP contribution in [0.3, 0.4) is 0 Å². The lowest BCUT2D eigenvalue weighted by Gasteiger charge is -2.24. The van der Waals surface area contributed by atoms with Gasteiger partial charge in [-0.3, -0.25) is 14.4 Å². The molecule has 4 aromatic carbocycles. The minimum Gasteiger partial charge on any atom is -0.488 e. The quantitative estimate of drug-likeness (QED) is 0.164. The molecule has 0 N–H and O–H groups in total. The average Bonchev–Trinajstić information content (AvgIpc) is 3.06. The Morgan fingerprint density at radius 1 is 0.659 bits per heavy atom. The van der Waals surface area contributed by atoms with E-state index >= 15 is 0 Å². The first-order valence-electron chi connectivity index (χ1n) is 15.1. The van der Waals surface area contributed by atoms with Gasteiger partial charge in [0, 0.05) is 40.7 Å². The standard InChI is InChI=1S/C19H15BrO3.C19H16O2/c20-9-18(22)12-4-5-14-13(6-12)10-23-19-8-15-11(7-16(14)19)2-1-3-17(15)21;1-2-12-6-7-15-14(8-12)11-21-19-10-16-13(9-17(15)19)4-3-5-18(16)20/h4-8H,1-3,9-10H2;2,6-10H,1,3-5,11H2. The average molecular weight is 648 g/mol. The molecule has 4 aromatic rings. The van der Waals surface area contributed by atoms with Crippen molar-refractivity contribution in [2.24, 2.45) is 0 Å². The van der Waals surface area contributed by atoms with Crippen LogP contribution in [0, 0.1) is 0 Å². The largest absolute Gasteiger partial charge is 0.488 e. The van der Waals surface area contributed by atoms with Crippen LogP contribution in [0.25, 0.3) is 28.3 Å². The molecular weight excluding hydrogens is 616 g/mol. The Balaban J connectivity index is 0.000000143. The first-order valence-corrected chi connectivity index (χ1v) is 16.2. The van der Waals surface area contributed by atoms with E-state index in [0.29, 0.717) is 36.9 Å². The highest BCUT2D eigenvalue weighted by Gasteiger charge is 2.26. The number of ether oxygens (including phenoxy) is 2. The monoisotopic (exact) mass is 646 g/mol. The van der Waals surface area contributed by atoms with Crippen LogP contribution in [0.2, 0.25) is 0 Å². The SMILES string of the molecule is C=Cc1ccc2c(c1)COc1cc3c(cc1-2)CCCC3=O.O=C(CBr)c1ccc2c(c1)COc1cc3c(cc1-2)CCCC3=O. The third-order valence-corrected chi connectivity index (χ3v) is 9.48. The van der Waals surface area contributed by atoms with Gasteiger partial charge < -0.3 is 9.47 Å². The fraction of sp³-hybridized carbons (Fsp3) is 0.237. The normalized spacial score (nSPS) is 15.4. The number of benzene rings is 4. The van der Waals surface area contributed by atoms with Crippen LogP contribution >= 0.6 is 15.9 Å². The molecule has 2 aliphatic carbocycles. The molecule has 2 aliphatic heterocycles. The summed E-state index contributed by atoms with van der Waals surface area (Å²) in [6.45, 7) is 4.79. The summed E-state index contributed by atoms with van der Waals surface area (Å²) >= 11 is 3.21. The highest BCUT2D eigenvalue weighted by atomic mass is 79.9. The number of Topliss-reactive ketones (excluding diaryl/α,β-unsaturated/α-hetero) is 3. The van der Waals surface area contributed by atoms with Crippen molar-refractivity contribution < 1.29 is 23.9 Å². The van der Waals surface area contributed by atoms with Crippen molar-refractivity contribution in [1.29, 1.82) is 0 Å². The van der Waals surface area contributed by atoms with Gasteiger partial charge in [-0.2, -0.15) is 0 Å². The highest BCUT2D eigenvalue weighted by molar-refractivity contribution is 9.09. The fourth-order valence-corrected chi connectivity index (χ4v) is 6.97. The third kappa shape index (κ3) is 5.11. The van der Waals surface area contributed by atoms with Gasteiger partial charge in [0.25, 0.3) is 0 Å².